The van der Waals surface area contributed by atoms with Crippen molar-refractivity contribution in [3.8, 4) is 5.75 Å². The number of ether oxygens (including phenoxy) is 1. The van der Waals surface area contributed by atoms with Crippen LogP contribution < -0.4 is 20.7 Å². The summed E-state index contributed by atoms with van der Waals surface area (Å²) in [6.07, 6.45) is 0.722. The number of nitrogens with zero attached hydrogens (tertiary/aromatic N) is 2. The summed E-state index contributed by atoms with van der Waals surface area (Å²) >= 11 is 0. The van der Waals surface area contributed by atoms with Crippen molar-refractivity contribution in [2.24, 2.45) is 4.99 Å². The van der Waals surface area contributed by atoms with Gasteiger partial charge in [-0.1, -0.05) is 12.1 Å². The van der Waals surface area contributed by atoms with Crippen LogP contribution in [0.15, 0.2) is 53.5 Å². The van der Waals surface area contributed by atoms with Crippen LogP contribution in [0.4, 0.5) is 0 Å². The van der Waals surface area contributed by atoms with Crippen molar-refractivity contribution in [3.63, 3.8) is 0 Å². The average Bonchev–Trinajstić information content (AvgIpc) is 2.81. The van der Waals surface area contributed by atoms with Crippen LogP contribution in [0, 0.1) is 0 Å². The summed E-state index contributed by atoms with van der Waals surface area (Å²) in [5.41, 5.74) is 2.32. The SMILES string of the molecule is CCNC(=NCCc1cccc(C(=O)N(C)C)c1)NCCNC(=O)c1ccc(OC)cc1.I. The van der Waals surface area contributed by atoms with Gasteiger partial charge in [0.2, 0.25) is 0 Å². The summed E-state index contributed by atoms with van der Waals surface area (Å²) in [4.78, 5) is 30.5. The highest BCUT2D eigenvalue weighted by atomic mass is 127. The summed E-state index contributed by atoms with van der Waals surface area (Å²) < 4.78 is 5.10. The third-order valence-corrected chi connectivity index (χ3v) is 4.65. The maximum absolute atomic E-state index is 12.2. The number of benzene rings is 2. The number of methoxy groups -OCH3 is 1. The molecule has 0 atom stereocenters. The number of carbonyl (C=O) groups is 2. The number of rotatable bonds is 10. The fourth-order valence-electron chi connectivity index (χ4n) is 2.96. The maximum atomic E-state index is 12.2. The molecule has 0 saturated carbocycles. The van der Waals surface area contributed by atoms with Crippen molar-refractivity contribution in [3.05, 3.63) is 65.2 Å². The van der Waals surface area contributed by atoms with Crippen molar-refractivity contribution in [2.45, 2.75) is 13.3 Å². The topological polar surface area (TPSA) is 95.1 Å². The highest BCUT2D eigenvalue weighted by molar-refractivity contribution is 14.0. The van der Waals surface area contributed by atoms with Gasteiger partial charge in [-0.3, -0.25) is 14.6 Å². The minimum atomic E-state index is -0.136. The van der Waals surface area contributed by atoms with Crippen LogP contribution in [0.5, 0.6) is 5.75 Å². The number of hydrogen-bond donors (Lipinski definition) is 3. The quantitative estimate of drug-likeness (QED) is 0.178. The monoisotopic (exact) mass is 567 g/mol. The second-order valence-corrected chi connectivity index (χ2v) is 7.32. The Morgan fingerprint density at radius 3 is 2.30 bits per heavy atom. The van der Waals surface area contributed by atoms with E-state index in [4.69, 9.17) is 4.74 Å². The van der Waals surface area contributed by atoms with E-state index < -0.39 is 0 Å². The molecule has 2 amide bonds. The smallest absolute Gasteiger partial charge is 0.253 e. The zero-order valence-electron chi connectivity index (χ0n) is 19.7. The third kappa shape index (κ3) is 9.68. The van der Waals surface area contributed by atoms with Gasteiger partial charge in [0.25, 0.3) is 11.8 Å². The van der Waals surface area contributed by atoms with E-state index in [-0.39, 0.29) is 35.8 Å². The molecule has 33 heavy (non-hydrogen) atoms. The Balaban J connectivity index is 0.00000544. The van der Waals surface area contributed by atoms with Gasteiger partial charge in [0, 0.05) is 51.4 Å². The van der Waals surface area contributed by atoms with Gasteiger partial charge in [-0.15, -0.1) is 24.0 Å². The van der Waals surface area contributed by atoms with Gasteiger partial charge in [0.05, 0.1) is 7.11 Å². The third-order valence-electron chi connectivity index (χ3n) is 4.65. The number of carbonyl (C=O) groups excluding carboxylic acids is 2. The number of guanidine groups is 1. The lowest BCUT2D eigenvalue weighted by Crippen LogP contribution is -2.41. The molecule has 8 nitrogen and oxygen atoms in total. The zero-order valence-corrected chi connectivity index (χ0v) is 22.0. The van der Waals surface area contributed by atoms with E-state index in [0.717, 1.165) is 18.5 Å². The molecular weight excluding hydrogens is 533 g/mol. The first-order chi connectivity index (χ1) is 15.4. The van der Waals surface area contributed by atoms with E-state index in [1.165, 1.54) is 0 Å². The van der Waals surface area contributed by atoms with Crippen LogP contribution in [0.25, 0.3) is 0 Å². The molecule has 0 aliphatic carbocycles. The molecule has 0 unspecified atom stereocenters. The van der Waals surface area contributed by atoms with Crippen molar-refractivity contribution < 1.29 is 14.3 Å². The van der Waals surface area contributed by atoms with Gasteiger partial charge in [-0.25, -0.2) is 0 Å². The highest BCUT2D eigenvalue weighted by Crippen LogP contribution is 2.11. The minimum absolute atomic E-state index is 0. The molecule has 2 rings (SSSR count). The number of amides is 2. The normalized spacial score (nSPS) is 10.6. The molecule has 2 aromatic rings. The number of hydrogen-bond acceptors (Lipinski definition) is 4. The number of aliphatic imine (C=N–C) groups is 1. The van der Waals surface area contributed by atoms with E-state index in [1.54, 1.807) is 50.4 Å². The summed E-state index contributed by atoms with van der Waals surface area (Å²) in [5, 5.41) is 9.30. The Morgan fingerprint density at radius 1 is 0.970 bits per heavy atom. The van der Waals surface area contributed by atoms with Crippen LogP contribution in [-0.4, -0.2) is 70.1 Å². The minimum Gasteiger partial charge on any atom is -0.497 e. The van der Waals surface area contributed by atoms with E-state index in [1.807, 2.05) is 31.2 Å². The van der Waals surface area contributed by atoms with Crippen molar-refractivity contribution in [1.29, 1.82) is 0 Å². The molecule has 0 aromatic heterocycles. The van der Waals surface area contributed by atoms with Gasteiger partial charge < -0.3 is 25.6 Å². The van der Waals surface area contributed by atoms with Crippen LogP contribution in [-0.2, 0) is 6.42 Å². The molecule has 0 bridgehead atoms. The predicted octanol–water partition coefficient (Wildman–Crippen LogP) is 2.54. The van der Waals surface area contributed by atoms with Gasteiger partial charge >= 0.3 is 0 Å². The molecule has 2 aromatic carbocycles. The predicted molar refractivity (Wildman–Crippen MR) is 143 cm³/mol. The zero-order chi connectivity index (χ0) is 23.3. The molecule has 0 fully saturated rings. The summed E-state index contributed by atoms with van der Waals surface area (Å²) in [7, 11) is 5.08. The first kappa shape index (κ1) is 28.2. The fraction of sp³-hybridized carbons (Fsp3) is 0.375. The average molecular weight is 567 g/mol. The lowest BCUT2D eigenvalue weighted by atomic mass is 10.1. The van der Waals surface area contributed by atoms with Gasteiger partial charge in [-0.2, -0.15) is 0 Å². The second kappa shape index (κ2) is 15.1. The Hall–Kier alpha value is -2.82. The molecule has 180 valence electrons. The number of nitrogens with one attached hydrogen (secondary N) is 3. The highest BCUT2D eigenvalue weighted by Gasteiger charge is 2.08. The Kier molecular flexibility index (Phi) is 12.9. The molecule has 0 radical (unpaired) electrons. The maximum Gasteiger partial charge on any atom is 0.253 e. The van der Waals surface area contributed by atoms with Gasteiger partial charge in [-0.05, 0) is 55.3 Å². The molecule has 3 N–H and O–H groups in total. The van der Waals surface area contributed by atoms with Crippen LogP contribution in [0.3, 0.4) is 0 Å². The first-order valence-corrected chi connectivity index (χ1v) is 10.7. The van der Waals surface area contributed by atoms with Crippen molar-refractivity contribution in [1.82, 2.24) is 20.9 Å². The Morgan fingerprint density at radius 2 is 1.67 bits per heavy atom. The number of halogens is 1. The Labute approximate surface area is 213 Å². The molecule has 9 heteroatoms. The van der Waals surface area contributed by atoms with Crippen LogP contribution in [0.2, 0.25) is 0 Å². The first-order valence-electron chi connectivity index (χ1n) is 10.7. The standard InChI is InChI=1S/C24H33N5O3.HI/c1-5-25-24(27-14-13-18-7-6-8-20(17-18)23(31)29(2)3)28-16-15-26-22(30)19-9-11-21(32-4)12-10-19;/h6-12,17H,5,13-16H2,1-4H3,(H,26,30)(H2,25,27,28);1H. The second-order valence-electron chi connectivity index (χ2n) is 7.32. The van der Waals surface area contributed by atoms with E-state index in [2.05, 4.69) is 20.9 Å². The van der Waals surface area contributed by atoms with Crippen LogP contribution >= 0.6 is 24.0 Å². The summed E-state index contributed by atoms with van der Waals surface area (Å²) in [6.45, 7) is 4.31. The largest absolute Gasteiger partial charge is 0.497 e. The lowest BCUT2D eigenvalue weighted by Gasteiger charge is -2.12. The summed E-state index contributed by atoms with van der Waals surface area (Å²) in [5.74, 6) is 1.25. The van der Waals surface area contributed by atoms with E-state index in [9.17, 15) is 9.59 Å². The lowest BCUT2D eigenvalue weighted by molar-refractivity contribution is 0.0827. The molecule has 0 spiro atoms. The van der Waals surface area contributed by atoms with E-state index >= 15 is 0 Å². The molecule has 0 aliphatic heterocycles. The fourth-order valence-corrected chi connectivity index (χ4v) is 2.96. The van der Waals surface area contributed by atoms with Crippen molar-refractivity contribution >= 4 is 41.8 Å². The van der Waals surface area contributed by atoms with E-state index in [0.29, 0.717) is 42.5 Å². The molecule has 0 aliphatic rings. The molecule has 0 saturated heterocycles. The van der Waals surface area contributed by atoms with Gasteiger partial charge in [0.15, 0.2) is 5.96 Å². The Bertz CT molecular complexity index is 917. The summed E-state index contributed by atoms with van der Waals surface area (Å²) in [6, 6.07) is 14.6. The molecule has 0 heterocycles. The van der Waals surface area contributed by atoms with Crippen LogP contribution in [0.1, 0.15) is 33.2 Å². The van der Waals surface area contributed by atoms with Crippen molar-refractivity contribution in [2.75, 3.05) is 47.4 Å². The van der Waals surface area contributed by atoms with Gasteiger partial charge in [0.1, 0.15) is 5.75 Å². The molecular formula is C24H34IN5O3.